The van der Waals surface area contributed by atoms with Gasteiger partial charge >= 0.3 is 0 Å². The maximum atomic E-state index is 6.14. The Morgan fingerprint density at radius 1 is 1.05 bits per heavy atom. The van der Waals surface area contributed by atoms with Gasteiger partial charge in [-0.15, -0.1) is 0 Å². The van der Waals surface area contributed by atoms with E-state index in [0.717, 1.165) is 0 Å². The quantitative estimate of drug-likeness (QED) is 0.747. The Balaban J connectivity index is 0.000000921. The highest BCUT2D eigenvalue weighted by atomic mass is 16.5. The first-order chi connectivity index (χ1) is 10.3. The van der Waals surface area contributed by atoms with E-state index in [-0.39, 0.29) is 6.10 Å². The van der Waals surface area contributed by atoms with Gasteiger partial charge in [0.2, 0.25) is 0 Å². The zero-order valence-electron chi connectivity index (χ0n) is 14.9. The Bertz CT molecular complexity index is 318. The fourth-order valence-electron chi connectivity index (χ4n) is 2.45. The van der Waals surface area contributed by atoms with Crippen molar-refractivity contribution in [2.45, 2.75) is 66.6 Å². The molecule has 1 fully saturated rings. The summed E-state index contributed by atoms with van der Waals surface area (Å²) in [4.78, 5) is 2.49. The molecule has 1 saturated heterocycles. The molecule has 1 aliphatic heterocycles. The van der Waals surface area contributed by atoms with Crippen LogP contribution in [-0.4, -0.2) is 30.6 Å². The van der Waals surface area contributed by atoms with E-state index >= 15 is 0 Å². The molecule has 0 radical (unpaired) electrons. The predicted molar refractivity (Wildman–Crippen MR) is 93.8 cm³/mol. The van der Waals surface area contributed by atoms with E-state index in [9.17, 15) is 0 Å². The van der Waals surface area contributed by atoms with Gasteiger partial charge in [0, 0.05) is 13.1 Å². The lowest BCUT2D eigenvalue weighted by molar-refractivity contribution is -0.0353. The molecule has 0 saturated carbocycles. The molecule has 21 heavy (non-hydrogen) atoms. The van der Waals surface area contributed by atoms with E-state index in [0.29, 0.717) is 6.10 Å². The van der Waals surface area contributed by atoms with Gasteiger partial charge in [0.1, 0.15) is 0 Å². The van der Waals surface area contributed by atoms with Crippen LogP contribution in [0.3, 0.4) is 0 Å². The van der Waals surface area contributed by atoms with Crippen molar-refractivity contribution in [3.63, 3.8) is 0 Å². The summed E-state index contributed by atoms with van der Waals surface area (Å²) >= 11 is 0. The summed E-state index contributed by atoms with van der Waals surface area (Å²) in [6.45, 7) is 15.9. The highest BCUT2D eigenvalue weighted by Gasteiger charge is 2.20. The van der Waals surface area contributed by atoms with Crippen molar-refractivity contribution in [3.8, 4) is 0 Å². The summed E-state index contributed by atoms with van der Waals surface area (Å²) in [5.41, 5.74) is 1.28. The maximum Gasteiger partial charge on any atom is 0.0800 e. The summed E-state index contributed by atoms with van der Waals surface area (Å²) < 4.78 is 6.14. The van der Waals surface area contributed by atoms with Crippen LogP contribution >= 0.6 is 0 Å². The van der Waals surface area contributed by atoms with Crippen LogP contribution in [0.5, 0.6) is 0 Å². The topological polar surface area (TPSA) is 12.5 Å². The zero-order chi connectivity index (χ0) is 16.1. The van der Waals surface area contributed by atoms with Crippen molar-refractivity contribution < 1.29 is 4.74 Å². The molecular weight excluding hydrogens is 258 g/mol. The largest absolute Gasteiger partial charge is 0.370 e. The Morgan fingerprint density at radius 3 is 2.05 bits per heavy atom. The van der Waals surface area contributed by atoms with Crippen molar-refractivity contribution >= 4 is 0 Å². The Labute approximate surface area is 132 Å². The third-order valence-electron chi connectivity index (χ3n) is 3.65. The van der Waals surface area contributed by atoms with Gasteiger partial charge in [0.15, 0.2) is 0 Å². The SMILES string of the molecule is CC.CC.CCN1CCC(OC(C)c2ccccc2)CC1. The van der Waals surface area contributed by atoms with Gasteiger partial charge in [0.25, 0.3) is 0 Å². The van der Waals surface area contributed by atoms with E-state index in [2.05, 4.69) is 49.1 Å². The van der Waals surface area contributed by atoms with Crippen molar-refractivity contribution in [1.29, 1.82) is 0 Å². The average molecular weight is 293 g/mol. The summed E-state index contributed by atoms with van der Waals surface area (Å²) in [7, 11) is 0. The van der Waals surface area contributed by atoms with Crippen LogP contribution in [0.15, 0.2) is 30.3 Å². The Morgan fingerprint density at radius 2 is 1.57 bits per heavy atom. The highest BCUT2D eigenvalue weighted by molar-refractivity contribution is 5.16. The predicted octanol–water partition coefficient (Wildman–Crippen LogP) is 5.30. The monoisotopic (exact) mass is 293 g/mol. The molecule has 2 rings (SSSR count). The summed E-state index contributed by atoms with van der Waals surface area (Å²) in [5.74, 6) is 0. The fraction of sp³-hybridized carbons (Fsp3) is 0.684. The fourth-order valence-corrected chi connectivity index (χ4v) is 2.45. The van der Waals surface area contributed by atoms with E-state index < -0.39 is 0 Å². The third-order valence-corrected chi connectivity index (χ3v) is 3.65. The minimum Gasteiger partial charge on any atom is -0.370 e. The second-order valence-corrected chi connectivity index (χ2v) is 4.82. The lowest BCUT2D eigenvalue weighted by Gasteiger charge is -2.32. The lowest BCUT2D eigenvalue weighted by atomic mass is 10.1. The smallest absolute Gasteiger partial charge is 0.0800 e. The number of likely N-dealkylation sites (tertiary alicyclic amines) is 1. The first-order valence-corrected chi connectivity index (χ1v) is 8.72. The molecule has 1 aromatic carbocycles. The molecule has 1 heterocycles. The van der Waals surface area contributed by atoms with Crippen LogP contribution in [0, 0.1) is 0 Å². The molecule has 0 spiro atoms. The normalized spacial score (nSPS) is 17.0. The molecule has 0 aromatic heterocycles. The summed E-state index contributed by atoms with van der Waals surface area (Å²) in [6.07, 6.45) is 3.00. The first kappa shape index (κ1) is 20.1. The van der Waals surface area contributed by atoms with Gasteiger partial charge in [-0.2, -0.15) is 0 Å². The van der Waals surface area contributed by atoms with Gasteiger partial charge < -0.3 is 9.64 Å². The number of nitrogens with zero attached hydrogens (tertiary/aromatic N) is 1. The highest BCUT2D eigenvalue weighted by Crippen LogP contribution is 2.23. The molecule has 1 unspecified atom stereocenters. The van der Waals surface area contributed by atoms with E-state index in [4.69, 9.17) is 4.74 Å². The minimum atomic E-state index is 0.217. The van der Waals surface area contributed by atoms with Gasteiger partial charge in [0.05, 0.1) is 12.2 Å². The van der Waals surface area contributed by atoms with Crippen molar-refractivity contribution in [1.82, 2.24) is 4.90 Å². The number of hydrogen-bond acceptors (Lipinski definition) is 2. The van der Waals surface area contributed by atoms with Gasteiger partial charge in [-0.05, 0) is 31.9 Å². The molecule has 2 nitrogen and oxygen atoms in total. The van der Waals surface area contributed by atoms with Crippen LogP contribution in [0.2, 0.25) is 0 Å². The Hall–Kier alpha value is -0.860. The second kappa shape index (κ2) is 12.8. The molecule has 0 aliphatic carbocycles. The first-order valence-electron chi connectivity index (χ1n) is 8.72. The van der Waals surface area contributed by atoms with Gasteiger partial charge in [-0.25, -0.2) is 0 Å². The molecule has 0 amide bonds. The molecule has 0 bridgehead atoms. The van der Waals surface area contributed by atoms with Crippen LogP contribution in [-0.2, 0) is 4.74 Å². The van der Waals surface area contributed by atoms with Crippen LogP contribution < -0.4 is 0 Å². The Kier molecular flexibility index (Phi) is 12.3. The molecule has 1 aliphatic rings. The average Bonchev–Trinajstić information content (AvgIpc) is 2.60. The van der Waals surface area contributed by atoms with E-state index in [1.54, 1.807) is 0 Å². The van der Waals surface area contributed by atoms with Crippen molar-refractivity contribution in [2.75, 3.05) is 19.6 Å². The molecule has 1 atom stereocenters. The van der Waals surface area contributed by atoms with Crippen LogP contribution in [0.25, 0.3) is 0 Å². The molecular formula is C19H35NO. The number of hydrogen-bond donors (Lipinski definition) is 0. The standard InChI is InChI=1S/C15H23NO.2C2H6/c1-3-16-11-9-15(10-12-16)17-13(2)14-7-5-4-6-8-14;2*1-2/h4-8,13,15H,3,9-12H2,1-2H3;2*1-2H3. The number of ether oxygens (including phenoxy) is 1. The third kappa shape index (κ3) is 7.63. The molecule has 122 valence electrons. The lowest BCUT2D eigenvalue weighted by Crippen LogP contribution is -2.37. The van der Waals surface area contributed by atoms with Crippen LogP contribution in [0.1, 0.15) is 66.1 Å². The number of rotatable bonds is 4. The maximum absolute atomic E-state index is 6.14. The van der Waals surface area contributed by atoms with E-state index in [1.807, 2.05) is 27.7 Å². The number of benzene rings is 1. The number of piperidine rings is 1. The summed E-state index contributed by atoms with van der Waals surface area (Å²) in [6, 6.07) is 10.5. The summed E-state index contributed by atoms with van der Waals surface area (Å²) in [5, 5.41) is 0. The van der Waals surface area contributed by atoms with Crippen molar-refractivity contribution in [3.05, 3.63) is 35.9 Å². The minimum absolute atomic E-state index is 0.217. The van der Waals surface area contributed by atoms with E-state index in [1.165, 1.54) is 38.0 Å². The van der Waals surface area contributed by atoms with Crippen LogP contribution in [0.4, 0.5) is 0 Å². The molecule has 0 N–H and O–H groups in total. The second-order valence-electron chi connectivity index (χ2n) is 4.82. The van der Waals surface area contributed by atoms with Gasteiger partial charge in [-0.3, -0.25) is 0 Å². The van der Waals surface area contributed by atoms with Gasteiger partial charge in [-0.1, -0.05) is 65.0 Å². The zero-order valence-corrected chi connectivity index (χ0v) is 14.9. The van der Waals surface area contributed by atoms with Crippen molar-refractivity contribution in [2.24, 2.45) is 0 Å². The molecule has 1 aromatic rings. The molecule has 2 heteroatoms.